The molecule has 6 heteroatoms. The van der Waals surface area contributed by atoms with E-state index in [1.165, 1.54) is 0 Å². The van der Waals surface area contributed by atoms with E-state index in [1.54, 1.807) is 0 Å². The van der Waals surface area contributed by atoms with Crippen LogP contribution in [0.15, 0.2) is 6.07 Å². The van der Waals surface area contributed by atoms with Crippen molar-refractivity contribution < 1.29 is 0 Å². The molecule has 1 aromatic rings. The number of nitrogens with one attached hydrogen (secondary N) is 1. The van der Waals surface area contributed by atoms with Crippen molar-refractivity contribution in [3.05, 3.63) is 11.9 Å². The molecule has 0 unspecified atom stereocenters. The molecule has 16 heavy (non-hydrogen) atoms. The number of likely N-dealkylation sites (N-methyl/N-ethyl adjacent to an activating group) is 2. The average molecular weight is 224 g/mol. The van der Waals surface area contributed by atoms with Gasteiger partial charge in [0.05, 0.1) is 0 Å². The number of hydrazine groups is 1. The second-order valence-electron chi connectivity index (χ2n) is 4.03. The van der Waals surface area contributed by atoms with Gasteiger partial charge in [-0.3, -0.25) is 0 Å². The van der Waals surface area contributed by atoms with Gasteiger partial charge < -0.3 is 15.2 Å². The van der Waals surface area contributed by atoms with Crippen molar-refractivity contribution in [1.29, 1.82) is 0 Å². The van der Waals surface area contributed by atoms with E-state index in [4.69, 9.17) is 5.84 Å². The molecule has 0 atom stereocenters. The molecule has 90 valence electrons. The molecule has 0 aliphatic rings. The summed E-state index contributed by atoms with van der Waals surface area (Å²) in [5.74, 6) is 7.57. The third-order valence-corrected chi connectivity index (χ3v) is 2.25. The molecule has 0 fully saturated rings. The molecule has 0 aliphatic heterocycles. The number of aryl methyl sites for hydroxylation is 1. The van der Waals surface area contributed by atoms with Gasteiger partial charge in [-0.25, -0.2) is 15.8 Å². The molecule has 1 rings (SSSR count). The lowest BCUT2D eigenvalue weighted by atomic mass is 10.4. The molecule has 1 aromatic heterocycles. The summed E-state index contributed by atoms with van der Waals surface area (Å²) in [5, 5.41) is 0. The Hall–Kier alpha value is -1.40. The van der Waals surface area contributed by atoms with E-state index in [0.29, 0.717) is 11.6 Å². The Kier molecular flexibility index (Phi) is 4.45. The zero-order valence-corrected chi connectivity index (χ0v) is 10.4. The summed E-state index contributed by atoms with van der Waals surface area (Å²) < 4.78 is 0. The van der Waals surface area contributed by atoms with Crippen LogP contribution in [-0.4, -0.2) is 49.1 Å². The Morgan fingerprint density at radius 1 is 1.25 bits per heavy atom. The monoisotopic (exact) mass is 224 g/mol. The predicted molar refractivity (Wildman–Crippen MR) is 66.4 cm³/mol. The normalized spacial score (nSPS) is 10.6. The first kappa shape index (κ1) is 12.7. The number of nitrogen functional groups attached to an aromatic ring is 1. The highest BCUT2D eigenvalue weighted by molar-refractivity contribution is 5.48. The molecular formula is C10H20N6. The Labute approximate surface area is 96.4 Å². The minimum Gasteiger partial charge on any atom is -0.358 e. The van der Waals surface area contributed by atoms with E-state index in [9.17, 15) is 0 Å². The zero-order valence-electron chi connectivity index (χ0n) is 10.4. The first-order valence-electron chi connectivity index (χ1n) is 5.21. The van der Waals surface area contributed by atoms with Gasteiger partial charge in [0.15, 0.2) is 0 Å². The van der Waals surface area contributed by atoms with Gasteiger partial charge in [-0.15, -0.1) is 0 Å². The van der Waals surface area contributed by atoms with E-state index in [0.717, 1.165) is 18.9 Å². The SMILES string of the molecule is Cc1nc(NN)cc(N(C)CCN(C)C)n1. The summed E-state index contributed by atoms with van der Waals surface area (Å²) in [4.78, 5) is 12.7. The van der Waals surface area contributed by atoms with Crippen molar-refractivity contribution in [2.24, 2.45) is 5.84 Å². The van der Waals surface area contributed by atoms with Gasteiger partial charge in [0.25, 0.3) is 0 Å². The van der Waals surface area contributed by atoms with Crippen molar-refractivity contribution in [3.8, 4) is 0 Å². The van der Waals surface area contributed by atoms with Crippen LogP contribution in [0.1, 0.15) is 5.82 Å². The molecule has 1 heterocycles. The highest BCUT2D eigenvalue weighted by Gasteiger charge is 2.06. The summed E-state index contributed by atoms with van der Waals surface area (Å²) in [6, 6.07) is 1.84. The van der Waals surface area contributed by atoms with E-state index in [-0.39, 0.29) is 0 Å². The summed E-state index contributed by atoms with van der Waals surface area (Å²) in [7, 11) is 6.10. The zero-order chi connectivity index (χ0) is 12.1. The maximum Gasteiger partial charge on any atom is 0.145 e. The fourth-order valence-corrected chi connectivity index (χ4v) is 1.29. The van der Waals surface area contributed by atoms with Crippen molar-refractivity contribution >= 4 is 11.6 Å². The number of hydrogen-bond donors (Lipinski definition) is 2. The predicted octanol–water partition coefficient (Wildman–Crippen LogP) is 0.0684. The van der Waals surface area contributed by atoms with Crippen LogP contribution in [0.2, 0.25) is 0 Å². The second kappa shape index (κ2) is 5.62. The molecule has 0 spiro atoms. The summed E-state index contributed by atoms with van der Waals surface area (Å²) in [6.45, 7) is 3.74. The molecule has 0 saturated carbocycles. The molecule has 0 amide bonds. The van der Waals surface area contributed by atoms with Crippen LogP contribution in [0, 0.1) is 6.92 Å². The average Bonchev–Trinajstić information content (AvgIpc) is 2.24. The van der Waals surface area contributed by atoms with Gasteiger partial charge in [-0.05, 0) is 21.0 Å². The fraction of sp³-hybridized carbons (Fsp3) is 0.600. The van der Waals surface area contributed by atoms with Crippen molar-refractivity contribution in [1.82, 2.24) is 14.9 Å². The summed E-state index contributed by atoms with van der Waals surface area (Å²) in [5.41, 5.74) is 2.54. The Morgan fingerprint density at radius 3 is 2.50 bits per heavy atom. The molecule has 0 radical (unpaired) electrons. The lowest BCUT2D eigenvalue weighted by Gasteiger charge is -2.21. The topological polar surface area (TPSA) is 70.3 Å². The third kappa shape index (κ3) is 3.63. The van der Waals surface area contributed by atoms with Gasteiger partial charge in [0.2, 0.25) is 0 Å². The van der Waals surface area contributed by atoms with Crippen LogP contribution in [0.25, 0.3) is 0 Å². The highest BCUT2D eigenvalue weighted by Crippen LogP contribution is 2.13. The van der Waals surface area contributed by atoms with Crippen LogP contribution < -0.4 is 16.2 Å². The minimum atomic E-state index is 0.638. The fourth-order valence-electron chi connectivity index (χ4n) is 1.29. The Balaban J connectivity index is 2.74. The Morgan fingerprint density at radius 2 is 1.94 bits per heavy atom. The number of nitrogens with zero attached hydrogens (tertiary/aromatic N) is 4. The van der Waals surface area contributed by atoms with E-state index in [2.05, 4.69) is 25.2 Å². The molecule has 0 aliphatic carbocycles. The smallest absolute Gasteiger partial charge is 0.145 e. The third-order valence-electron chi connectivity index (χ3n) is 2.25. The highest BCUT2D eigenvalue weighted by atomic mass is 15.3. The van der Waals surface area contributed by atoms with Crippen LogP contribution in [0.3, 0.4) is 0 Å². The quantitative estimate of drug-likeness (QED) is 0.545. The van der Waals surface area contributed by atoms with Crippen molar-refractivity contribution in [2.75, 3.05) is 44.6 Å². The Bertz CT molecular complexity index is 338. The van der Waals surface area contributed by atoms with Crippen LogP contribution in [0.5, 0.6) is 0 Å². The maximum absolute atomic E-state index is 5.34. The molecular weight excluding hydrogens is 204 g/mol. The number of rotatable bonds is 5. The lowest BCUT2D eigenvalue weighted by molar-refractivity contribution is 0.416. The maximum atomic E-state index is 5.34. The van der Waals surface area contributed by atoms with Crippen molar-refractivity contribution in [2.45, 2.75) is 6.92 Å². The van der Waals surface area contributed by atoms with Crippen molar-refractivity contribution in [3.63, 3.8) is 0 Å². The molecule has 0 aromatic carbocycles. The molecule has 6 nitrogen and oxygen atoms in total. The van der Waals surface area contributed by atoms with E-state index < -0.39 is 0 Å². The first-order chi connectivity index (χ1) is 7.52. The lowest BCUT2D eigenvalue weighted by Crippen LogP contribution is -2.29. The van der Waals surface area contributed by atoms with Gasteiger partial charge >= 0.3 is 0 Å². The number of hydrogen-bond acceptors (Lipinski definition) is 6. The van der Waals surface area contributed by atoms with Crippen LogP contribution >= 0.6 is 0 Å². The minimum absolute atomic E-state index is 0.638. The largest absolute Gasteiger partial charge is 0.358 e. The molecule has 3 N–H and O–H groups in total. The first-order valence-corrected chi connectivity index (χ1v) is 5.21. The summed E-state index contributed by atoms with van der Waals surface area (Å²) in [6.07, 6.45) is 0. The summed E-state index contributed by atoms with van der Waals surface area (Å²) >= 11 is 0. The molecule has 0 bridgehead atoms. The van der Waals surface area contributed by atoms with E-state index in [1.807, 2.05) is 34.1 Å². The van der Waals surface area contributed by atoms with E-state index >= 15 is 0 Å². The van der Waals surface area contributed by atoms with Gasteiger partial charge in [0, 0.05) is 26.2 Å². The van der Waals surface area contributed by atoms with Gasteiger partial charge in [0.1, 0.15) is 17.5 Å². The number of anilines is 2. The van der Waals surface area contributed by atoms with Gasteiger partial charge in [-0.2, -0.15) is 0 Å². The number of nitrogens with two attached hydrogens (primary N) is 1. The van der Waals surface area contributed by atoms with Crippen LogP contribution in [-0.2, 0) is 0 Å². The van der Waals surface area contributed by atoms with Crippen LogP contribution in [0.4, 0.5) is 11.6 Å². The molecule has 0 saturated heterocycles. The number of aromatic nitrogens is 2. The van der Waals surface area contributed by atoms with Gasteiger partial charge in [-0.1, -0.05) is 0 Å². The standard InChI is InChI=1S/C10H20N6/c1-8-12-9(14-11)7-10(13-8)16(4)6-5-15(2)3/h7H,5-6,11H2,1-4H3,(H,12,13,14). The second-order valence-corrected chi connectivity index (χ2v) is 4.03.